The fourth-order valence-corrected chi connectivity index (χ4v) is 0.748. The van der Waals surface area contributed by atoms with E-state index in [0.29, 0.717) is 0 Å². The number of carboxylic acids is 1. The topological polar surface area (TPSA) is 96.9 Å². The molecule has 0 aromatic carbocycles. The van der Waals surface area contributed by atoms with Crippen LogP contribution >= 0.6 is 0 Å². The summed E-state index contributed by atoms with van der Waals surface area (Å²) in [5.74, 6) is -1.10. The van der Waals surface area contributed by atoms with Crippen molar-refractivity contribution in [2.45, 2.75) is 19.3 Å². The number of methoxy groups -OCH3 is 2. The van der Waals surface area contributed by atoms with Gasteiger partial charge in [0.25, 0.3) is 0 Å². The van der Waals surface area contributed by atoms with Gasteiger partial charge in [0.05, 0.1) is 6.54 Å². The van der Waals surface area contributed by atoms with Crippen LogP contribution in [0.4, 0.5) is 4.79 Å². The first-order valence-corrected chi connectivity index (χ1v) is 4.34. The molecule has 0 heterocycles. The van der Waals surface area contributed by atoms with Crippen LogP contribution in [-0.4, -0.2) is 50.2 Å². The molecule has 0 aliphatic heterocycles. The highest BCUT2D eigenvalue weighted by atomic mass is 16.7. The van der Waals surface area contributed by atoms with E-state index >= 15 is 0 Å². The third kappa shape index (κ3) is 5.87. The molecular formula is C8H16N2O5. The fraction of sp³-hybridized carbons (Fsp3) is 0.750. The zero-order valence-corrected chi connectivity index (χ0v) is 8.94. The molecule has 1 unspecified atom stereocenters. The lowest BCUT2D eigenvalue weighted by Crippen LogP contribution is -2.46. The van der Waals surface area contributed by atoms with Crippen LogP contribution in [0.15, 0.2) is 0 Å². The molecule has 0 radical (unpaired) electrons. The molecule has 0 saturated heterocycles. The molecule has 15 heavy (non-hydrogen) atoms. The van der Waals surface area contributed by atoms with E-state index in [1.54, 1.807) is 0 Å². The predicted octanol–water partition coefficient (Wildman–Crippen LogP) is -0.622. The van der Waals surface area contributed by atoms with Crippen LogP contribution in [0.25, 0.3) is 0 Å². The molecular weight excluding hydrogens is 204 g/mol. The molecule has 0 aromatic heterocycles. The first-order valence-electron chi connectivity index (χ1n) is 4.34. The van der Waals surface area contributed by atoms with Gasteiger partial charge in [-0.2, -0.15) is 0 Å². The summed E-state index contributed by atoms with van der Waals surface area (Å²) in [6, 6.07) is -1.52. The maximum absolute atomic E-state index is 11.1. The summed E-state index contributed by atoms with van der Waals surface area (Å²) in [6.07, 6.45) is -0.545. The number of carbonyl (C=O) groups is 2. The second kappa shape index (κ2) is 7.02. The summed E-state index contributed by atoms with van der Waals surface area (Å²) >= 11 is 0. The molecule has 2 amide bonds. The minimum absolute atomic E-state index is 0.144. The zero-order chi connectivity index (χ0) is 11.8. The Hall–Kier alpha value is -1.34. The Morgan fingerprint density at radius 1 is 1.33 bits per heavy atom. The summed E-state index contributed by atoms with van der Waals surface area (Å²) in [5, 5.41) is 13.1. The number of amides is 2. The average molecular weight is 220 g/mol. The molecule has 0 aromatic rings. The van der Waals surface area contributed by atoms with E-state index < -0.39 is 24.3 Å². The molecule has 0 rings (SSSR count). The zero-order valence-electron chi connectivity index (χ0n) is 8.94. The number of ether oxygens (including phenoxy) is 2. The van der Waals surface area contributed by atoms with Gasteiger partial charge in [-0.15, -0.1) is 0 Å². The van der Waals surface area contributed by atoms with Crippen molar-refractivity contribution in [2.24, 2.45) is 0 Å². The third-order valence-electron chi connectivity index (χ3n) is 1.67. The Labute approximate surface area is 87.7 Å². The molecule has 0 bridgehead atoms. The van der Waals surface area contributed by atoms with Gasteiger partial charge in [-0.05, 0) is 6.92 Å². The Morgan fingerprint density at radius 3 is 2.27 bits per heavy atom. The fourth-order valence-electron chi connectivity index (χ4n) is 0.748. The number of rotatable bonds is 6. The number of urea groups is 1. The third-order valence-corrected chi connectivity index (χ3v) is 1.67. The van der Waals surface area contributed by atoms with Crippen LogP contribution < -0.4 is 10.6 Å². The minimum Gasteiger partial charge on any atom is -0.480 e. The number of aliphatic carboxylic acids is 1. The van der Waals surface area contributed by atoms with Gasteiger partial charge in [-0.1, -0.05) is 0 Å². The lowest BCUT2D eigenvalue weighted by molar-refractivity contribution is -0.138. The molecule has 0 aliphatic rings. The van der Waals surface area contributed by atoms with Crippen LogP contribution in [0.5, 0.6) is 0 Å². The molecule has 0 spiro atoms. The van der Waals surface area contributed by atoms with Crippen molar-refractivity contribution in [3.63, 3.8) is 0 Å². The Balaban J connectivity index is 3.79. The van der Waals surface area contributed by atoms with E-state index in [1.807, 2.05) is 0 Å². The highest BCUT2D eigenvalue weighted by Gasteiger charge is 2.14. The average Bonchev–Trinajstić information content (AvgIpc) is 2.19. The molecule has 88 valence electrons. The predicted molar refractivity (Wildman–Crippen MR) is 51.4 cm³/mol. The lowest BCUT2D eigenvalue weighted by Gasteiger charge is -2.15. The van der Waals surface area contributed by atoms with E-state index in [1.165, 1.54) is 21.1 Å². The second-order valence-electron chi connectivity index (χ2n) is 2.82. The van der Waals surface area contributed by atoms with Gasteiger partial charge in [0.2, 0.25) is 0 Å². The monoisotopic (exact) mass is 220 g/mol. The van der Waals surface area contributed by atoms with Gasteiger partial charge >= 0.3 is 12.0 Å². The Bertz CT molecular complexity index is 217. The van der Waals surface area contributed by atoms with Crippen molar-refractivity contribution in [2.75, 3.05) is 20.8 Å². The van der Waals surface area contributed by atoms with Crippen molar-refractivity contribution in [3.05, 3.63) is 0 Å². The van der Waals surface area contributed by atoms with E-state index in [2.05, 4.69) is 10.6 Å². The summed E-state index contributed by atoms with van der Waals surface area (Å²) in [4.78, 5) is 21.5. The maximum atomic E-state index is 11.1. The number of carboxylic acid groups (broad SMARTS) is 1. The van der Waals surface area contributed by atoms with E-state index in [4.69, 9.17) is 14.6 Å². The smallest absolute Gasteiger partial charge is 0.325 e. The molecule has 0 fully saturated rings. The standard InChI is InChI=1S/C8H16N2O5/c1-5(7(11)12)10-8(13)9-4-6(14-2)15-3/h5-6H,4H2,1-3H3,(H,11,12)(H2,9,10,13). The van der Waals surface area contributed by atoms with Gasteiger partial charge < -0.3 is 25.2 Å². The SMILES string of the molecule is COC(CNC(=O)NC(C)C(=O)O)OC. The van der Waals surface area contributed by atoms with Crippen molar-refractivity contribution < 1.29 is 24.2 Å². The van der Waals surface area contributed by atoms with Crippen LogP contribution in [0.3, 0.4) is 0 Å². The first kappa shape index (κ1) is 13.7. The maximum Gasteiger partial charge on any atom is 0.325 e. The Morgan fingerprint density at radius 2 is 1.87 bits per heavy atom. The van der Waals surface area contributed by atoms with Crippen molar-refractivity contribution in [3.8, 4) is 0 Å². The van der Waals surface area contributed by atoms with Gasteiger partial charge in [-0.3, -0.25) is 4.79 Å². The summed E-state index contributed by atoms with van der Waals surface area (Å²) in [7, 11) is 2.88. The molecule has 0 saturated carbocycles. The lowest BCUT2D eigenvalue weighted by atomic mass is 10.3. The van der Waals surface area contributed by atoms with E-state index in [0.717, 1.165) is 0 Å². The minimum atomic E-state index is -1.10. The molecule has 0 aliphatic carbocycles. The number of carbonyl (C=O) groups excluding carboxylic acids is 1. The van der Waals surface area contributed by atoms with Crippen LogP contribution in [0.1, 0.15) is 6.92 Å². The van der Waals surface area contributed by atoms with Crippen molar-refractivity contribution >= 4 is 12.0 Å². The number of hydrogen-bond donors (Lipinski definition) is 3. The quantitative estimate of drug-likeness (QED) is 0.518. The second-order valence-corrected chi connectivity index (χ2v) is 2.82. The van der Waals surface area contributed by atoms with Crippen LogP contribution in [0, 0.1) is 0 Å². The van der Waals surface area contributed by atoms with Gasteiger partial charge in [-0.25, -0.2) is 4.79 Å². The number of nitrogens with one attached hydrogen (secondary N) is 2. The molecule has 3 N–H and O–H groups in total. The van der Waals surface area contributed by atoms with Gasteiger partial charge in [0, 0.05) is 14.2 Å². The summed E-state index contributed by atoms with van der Waals surface area (Å²) in [5.41, 5.74) is 0. The van der Waals surface area contributed by atoms with Crippen molar-refractivity contribution in [1.82, 2.24) is 10.6 Å². The van der Waals surface area contributed by atoms with Crippen LogP contribution in [-0.2, 0) is 14.3 Å². The van der Waals surface area contributed by atoms with Gasteiger partial charge in [0.1, 0.15) is 6.04 Å². The molecule has 7 nitrogen and oxygen atoms in total. The normalized spacial score (nSPS) is 12.3. The largest absolute Gasteiger partial charge is 0.480 e. The first-order chi connectivity index (χ1) is 7.01. The van der Waals surface area contributed by atoms with E-state index in [-0.39, 0.29) is 6.54 Å². The van der Waals surface area contributed by atoms with Crippen LogP contribution in [0.2, 0.25) is 0 Å². The van der Waals surface area contributed by atoms with Crippen molar-refractivity contribution in [1.29, 1.82) is 0 Å². The van der Waals surface area contributed by atoms with Gasteiger partial charge in [0.15, 0.2) is 6.29 Å². The highest BCUT2D eigenvalue weighted by molar-refractivity contribution is 5.82. The van der Waals surface area contributed by atoms with E-state index in [9.17, 15) is 9.59 Å². The number of hydrogen-bond acceptors (Lipinski definition) is 4. The Kier molecular flexibility index (Phi) is 6.39. The molecule has 7 heteroatoms. The highest BCUT2D eigenvalue weighted by Crippen LogP contribution is 1.87. The summed E-state index contributed by atoms with van der Waals surface area (Å²) < 4.78 is 9.64. The summed E-state index contributed by atoms with van der Waals surface area (Å²) in [6.45, 7) is 1.51. The molecule has 1 atom stereocenters.